The number of nitrogens with zero attached hydrogens (tertiary/aromatic N) is 3. The van der Waals surface area contributed by atoms with E-state index in [9.17, 15) is 0 Å². The minimum atomic E-state index is 0.0919. The summed E-state index contributed by atoms with van der Waals surface area (Å²) in [6, 6.07) is 0.0919. The van der Waals surface area contributed by atoms with Crippen molar-refractivity contribution in [3.05, 3.63) is 18.0 Å². The van der Waals surface area contributed by atoms with Crippen molar-refractivity contribution in [1.82, 2.24) is 14.7 Å². The number of rotatable bonds is 4. The SMILES string of the molecule is CC(C)C1CCN(CC(N)c2cnn(C)c2)CC1. The molecule has 4 nitrogen and oxygen atoms in total. The molecule has 0 spiro atoms. The summed E-state index contributed by atoms with van der Waals surface area (Å²) in [5, 5.41) is 4.18. The molecule has 0 radical (unpaired) electrons. The van der Waals surface area contributed by atoms with Gasteiger partial charge in [0, 0.05) is 31.4 Å². The molecule has 1 aromatic heterocycles. The number of aromatic nitrogens is 2. The van der Waals surface area contributed by atoms with Crippen molar-refractivity contribution in [1.29, 1.82) is 0 Å². The van der Waals surface area contributed by atoms with Crippen molar-refractivity contribution in [3.8, 4) is 0 Å². The monoisotopic (exact) mass is 250 g/mol. The van der Waals surface area contributed by atoms with Crippen LogP contribution >= 0.6 is 0 Å². The Kier molecular flexibility index (Phi) is 4.40. The minimum absolute atomic E-state index is 0.0919. The lowest BCUT2D eigenvalue weighted by molar-refractivity contribution is 0.151. The lowest BCUT2D eigenvalue weighted by Crippen LogP contribution is -2.39. The van der Waals surface area contributed by atoms with Gasteiger partial charge in [-0.1, -0.05) is 13.8 Å². The highest BCUT2D eigenvalue weighted by molar-refractivity contribution is 5.10. The van der Waals surface area contributed by atoms with Crippen LogP contribution in [-0.4, -0.2) is 34.3 Å². The zero-order valence-electron chi connectivity index (χ0n) is 11.8. The molecule has 1 aromatic rings. The van der Waals surface area contributed by atoms with Gasteiger partial charge in [0.05, 0.1) is 6.20 Å². The lowest BCUT2D eigenvalue weighted by Gasteiger charge is -2.34. The third kappa shape index (κ3) is 3.33. The lowest BCUT2D eigenvalue weighted by atomic mass is 9.86. The van der Waals surface area contributed by atoms with E-state index < -0.39 is 0 Å². The van der Waals surface area contributed by atoms with Gasteiger partial charge >= 0.3 is 0 Å². The van der Waals surface area contributed by atoms with E-state index in [1.165, 1.54) is 25.9 Å². The van der Waals surface area contributed by atoms with Crippen molar-refractivity contribution in [2.24, 2.45) is 24.6 Å². The molecule has 0 aliphatic carbocycles. The van der Waals surface area contributed by atoms with Gasteiger partial charge in [0.2, 0.25) is 0 Å². The van der Waals surface area contributed by atoms with E-state index in [2.05, 4.69) is 23.8 Å². The van der Waals surface area contributed by atoms with Crippen molar-refractivity contribution >= 4 is 0 Å². The fraction of sp³-hybridized carbons (Fsp3) is 0.786. The summed E-state index contributed by atoms with van der Waals surface area (Å²) in [5.74, 6) is 1.72. The summed E-state index contributed by atoms with van der Waals surface area (Å²) in [6.07, 6.45) is 6.53. The van der Waals surface area contributed by atoms with Crippen molar-refractivity contribution in [3.63, 3.8) is 0 Å². The Morgan fingerprint density at radius 3 is 2.56 bits per heavy atom. The Balaban J connectivity index is 1.81. The number of aryl methyl sites for hydroxylation is 1. The largest absolute Gasteiger partial charge is 0.323 e. The summed E-state index contributed by atoms with van der Waals surface area (Å²) in [5.41, 5.74) is 7.38. The molecule has 0 bridgehead atoms. The fourth-order valence-corrected chi connectivity index (χ4v) is 2.82. The molecule has 1 unspecified atom stereocenters. The highest BCUT2D eigenvalue weighted by Gasteiger charge is 2.23. The maximum absolute atomic E-state index is 6.24. The van der Waals surface area contributed by atoms with Crippen LogP contribution in [0.2, 0.25) is 0 Å². The molecule has 102 valence electrons. The normalized spacial score (nSPS) is 20.5. The zero-order valence-corrected chi connectivity index (χ0v) is 11.8. The highest BCUT2D eigenvalue weighted by Crippen LogP contribution is 2.25. The van der Waals surface area contributed by atoms with Crippen molar-refractivity contribution in [2.75, 3.05) is 19.6 Å². The molecule has 0 aromatic carbocycles. The first-order chi connectivity index (χ1) is 8.56. The van der Waals surface area contributed by atoms with Crippen LogP contribution in [0.5, 0.6) is 0 Å². The number of nitrogens with two attached hydrogens (primary N) is 1. The molecule has 2 heterocycles. The van der Waals surface area contributed by atoms with Crippen LogP contribution in [0.15, 0.2) is 12.4 Å². The third-order valence-corrected chi connectivity index (χ3v) is 4.18. The van der Waals surface area contributed by atoms with Gasteiger partial charge in [0.1, 0.15) is 0 Å². The minimum Gasteiger partial charge on any atom is -0.323 e. The molecular weight excluding hydrogens is 224 g/mol. The Morgan fingerprint density at radius 1 is 1.39 bits per heavy atom. The molecule has 1 aliphatic rings. The molecule has 4 heteroatoms. The number of hydrogen-bond acceptors (Lipinski definition) is 3. The van der Waals surface area contributed by atoms with Crippen LogP contribution in [0.4, 0.5) is 0 Å². The van der Waals surface area contributed by atoms with E-state index in [0.29, 0.717) is 0 Å². The van der Waals surface area contributed by atoms with Gasteiger partial charge in [0.15, 0.2) is 0 Å². The molecule has 1 atom stereocenters. The third-order valence-electron chi connectivity index (χ3n) is 4.18. The van der Waals surface area contributed by atoms with Gasteiger partial charge in [-0.05, 0) is 37.8 Å². The van der Waals surface area contributed by atoms with Crippen LogP contribution in [0.25, 0.3) is 0 Å². The second-order valence-electron chi connectivity index (χ2n) is 5.94. The summed E-state index contributed by atoms with van der Waals surface area (Å²) >= 11 is 0. The van der Waals surface area contributed by atoms with Crippen molar-refractivity contribution in [2.45, 2.75) is 32.7 Å². The quantitative estimate of drug-likeness (QED) is 0.886. The topological polar surface area (TPSA) is 47.1 Å². The number of hydrogen-bond donors (Lipinski definition) is 1. The number of likely N-dealkylation sites (tertiary alicyclic amines) is 1. The van der Waals surface area contributed by atoms with Gasteiger partial charge in [-0.2, -0.15) is 5.10 Å². The molecule has 18 heavy (non-hydrogen) atoms. The molecule has 1 saturated heterocycles. The molecule has 0 saturated carbocycles. The Hall–Kier alpha value is -0.870. The summed E-state index contributed by atoms with van der Waals surface area (Å²) in [7, 11) is 1.93. The van der Waals surface area contributed by atoms with E-state index in [0.717, 1.165) is 23.9 Å². The molecule has 1 aliphatic heterocycles. The van der Waals surface area contributed by atoms with Gasteiger partial charge in [0.25, 0.3) is 0 Å². The van der Waals surface area contributed by atoms with Crippen LogP contribution < -0.4 is 5.73 Å². The highest BCUT2D eigenvalue weighted by atomic mass is 15.2. The summed E-state index contributed by atoms with van der Waals surface area (Å²) < 4.78 is 1.82. The second kappa shape index (κ2) is 5.85. The average Bonchev–Trinajstić information content (AvgIpc) is 2.76. The molecule has 2 N–H and O–H groups in total. The second-order valence-corrected chi connectivity index (χ2v) is 5.94. The van der Waals surface area contributed by atoms with E-state index in [-0.39, 0.29) is 6.04 Å². The van der Waals surface area contributed by atoms with E-state index >= 15 is 0 Å². The first-order valence-electron chi connectivity index (χ1n) is 7.02. The Labute approximate surface area is 110 Å². The maximum atomic E-state index is 6.24. The van der Waals surface area contributed by atoms with E-state index in [1.807, 2.05) is 24.1 Å². The van der Waals surface area contributed by atoms with Gasteiger partial charge in [-0.25, -0.2) is 0 Å². The van der Waals surface area contributed by atoms with E-state index in [1.54, 1.807) is 0 Å². The first-order valence-corrected chi connectivity index (χ1v) is 7.02. The van der Waals surface area contributed by atoms with Crippen molar-refractivity contribution < 1.29 is 0 Å². The first kappa shape index (κ1) is 13.6. The zero-order chi connectivity index (χ0) is 13.1. The van der Waals surface area contributed by atoms with E-state index in [4.69, 9.17) is 5.73 Å². The molecule has 2 rings (SSSR count). The summed E-state index contributed by atoms with van der Waals surface area (Å²) in [4.78, 5) is 2.50. The maximum Gasteiger partial charge on any atom is 0.0537 e. The average molecular weight is 250 g/mol. The standard InChI is InChI=1S/C14H26N4/c1-11(2)12-4-6-18(7-5-12)10-14(15)13-8-16-17(3)9-13/h8-9,11-12,14H,4-7,10,15H2,1-3H3. The van der Waals surface area contributed by atoms with Crippen LogP contribution in [0.3, 0.4) is 0 Å². The summed E-state index contributed by atoms with van der Waals surface area (Å²) in [6.45, 7) is 8.01. The van der Waals surface area contributed by atoms with Crippen LogP contribution in [-0.2, 0) is 7.05 Å². The van der Waals surface area contributed by atoms with Gasteiger partial charge < -0.3 is 10.6 Å². The Bertz CT molecular complexity index is 364. The van der Waals surface area contributed by atoms with Gasteiger partial charge in [-0.15, -0.1) is 0 Å². The fourth-order valence-electron chi connectivity index (χ4n) is 2.82. The molecule has 0 amide bonds. The van der Waals surface area contributed by atoms with Crippen LogP contribution in [0.1, 0.15) is 38.3 Å². The molecule has 1 fully saturated rings. The van der Waals surface area contributed by atoms with Crippen LogP contribution in [0, 0.1) is 11.8 Å². The predicted molar refractivity (Wildman–Crippen MR) is 74.1 cm³/mol. The Morgan fingerprint density at radius 2 is 2.06 bits per heavy atom. The smallest absolute Gasteiger partial charge is 0.0537 e. The predicted octanol–water partition coefficient (Wildman–Crippen LogP) is 1.79. The molecular formula is C14H26N4. The number of piperidine rings is 1. The van der Waals surface area contributed by atoms with Gasteiger partial charge in [-0.3, -0.25) is 4.68 Å².